The Kier molecular flexibility index (Phi) is 5.07. The normalized spacial score (nSPS) is 15.1. The fourth-order valence-corrected chi connectivity index (χ4v) is 3.91. The van der Waals surface area contributed by atoms with Crippen molar-refractivity contribution in [3.05, 3.63) is 60.3 Å². The molecule has 0 aromatic carbocycles. The highest BCUT2D eigenvalue weighted by molar-refractivity contribution is 6.04. The molecule has 1 aliphatic rings. The summed E-state index contributed by atoms with van der Waals surface area (Å²) >= 11 is 0. The van der Waals surface area contributed by atoms with Crippen LogP contribution in [0.25, 0.3) is 11.2 Å². The van der Waals surface area contributed by atoms with Gasteiger partial charge in [-0.1, -0.05) is 6.07 Å². The smallest absolute Gasteiger partial charge is 0.276 e. The molecular weight excluding hydrogens is 394 g/mol. The fourth-order valence-electron chi connectivity index (χ4n) is 3.91. The van der Waals surface area contributed by atoms with E-state index in [4.69, 9.17) is 14.5 Å². The molecule has 0 spiro atoms. The highest BCUT2D eigenvalue weighted by Gasteiger charge is 2.21. The first kappa shape index (κ1) is 19.6. The van der Waals surface area contributed by atoms with Gasteiger partial charge in [0.25, 0.3) is 5.91 Å². The van der Waals surface area contributed by atoms with Crippen LogP contribution in [0.1, 0.15) is 48.8 Å². The van der Waals surface area contributed by atoms with Crippen LogP contribution >= 0.6 is 0 Å². The van der Waals surface area contributed by atoms with Gasteiger partial charge in [-0.15, -0.1) is 0 Å². The predicted octanol–water partition coefficient (Wildman–Crippen LogP) is 3.92. The van der Waals surface area contributed by atoms with Crippen LogP contribution in [-0.2, 0) is 4.74 Å². The lowest BCUT2D eigenvalue weighted by atomic mass is 9.97. The highest BCUT2D eigenvalue weighted by Crippen LogP contribution is 2.31. The average molecular weight is 419 g/mol. The number of pyridine rings is 2. The van der Waals surface area contributed by atoms with Crippen LogP contribution in [0.15, 0.2) is 48.9 Å². The van der Waals surface area contributed by atoms with E-state index in [2.05, 4.69) is 10.4 Å². The molecular formula is C23H25N5O3. The third-order valence-corrected chi connectivity index (χ3v) is 5.43. The summed E-state index contributed by atoms with van der Waals surface area (Å²) in [7, 11) is 0. The van der Waals surface area contributed by atoms with Gasteiger partial charge in [-0.25, -0.2) is 9.50 Å². The number of fused-ring (bicyclic) bond motifs is 2. The molecule has 31 heavy (non-hydrogen) atoms. The zero-order valence-electron chi connectivity index (χ0n) is 17.6. The van der Waals surface area contributed by atoms with Gasteiger partial charge in [0.2, 0.25) is 0 Å². The van der Waals surface area contributed by atoms with E-state index in [1.54, 1.807) is 10.6 Å². The summed E-state index contributed by atoms with van der Waals surface area (Å²) in [6, 6.07) is 9.33. The predicted molar refractivity (Wildman–Crippen MR) is 117 cm³/mol. The van der Waals surface area contributed by atoms with Crippen LogP contribution in [0.2, 0.25) is 0 Å². The minimum absolute atomic E-state index is 0.0433. The number of nitrogens with zero attached hydrogens (tertiary/aromatic N) is 4. The number of hydrogen-bond donors (Lipinski definition) is 1. The summed E-state index contributed by atoms with van der Waals surface area (Å²) in [5.74, 6) is 0.685. The van der Waals surface area contributed by atoms with Gasteiger partial charge in [0.05, 0.1) is 17.3 Å². The Morgan fingerprint density at radius 1 is 1.23 bits per heavy atom. The van der Waals surface area contributed by atoms with E-state index in [-0.39, 0.29) is 12.0 Å². The van der Waals surface area contributed by atoms with Gasteiger partial charge < -0.3 is 19.2 Å². The molecule has 160 valence electrons. The number of amides is 1. The largest absolute Gasteiger partial charge is 0.489 e. The summed E-state index contributed by atoms with van der Waals surface area (Å²) in [6.45, 7) is 5.44. The first-order valence-electron chi connectivity index (χ1n) is 10.6. The number of carbonyl (C=O) groups is 1. The Morgan fingerprint density at radius 3 is 2.84 bits per heavy atom. The summed E-state index contributed by atoms with van der Waals surface area (Å²) in [4.78, 5) is 17.7. The quantitative estimate of drug-likeness (QED) is 0.530. The lowest BCUT2D eigenvalue weighted by Gasteiger charge is -2.19. The Balaban J connectivity index is 1.48. The molecule has 0 radical (unpaired) electrons. The molecule has 4 aromatic rings. The number of nitrogens with one attached hydrogen (secondary N) is 1. The maximum Gasteiger partial charge on any atom is 0.276 e. The molecule has 1 fully saturated rings. The van der Waals surface area contributed by atoms with Crippen LogP contribution < -0.4 is 10.1 Å². The van der Waals surface area contributed by atoms with Gasteiger partial charge >= 0.3 is 0 Å². The molecule has 1 aliphatic heterocycles. The molecule has 1 amide bonds. The van der Waals surface area contributed by atoms with Crippen molar-refractivity contribution >= 4 is 22.8 Å². The molecule has 5 rings (SSSR count). The Labute approximate surface area is 179 Å². The lowest BCUT2D eigenvalue weighted by Crippen LogP contribution is -2.15. The molecule has 8 heteroatoms. The topological polar surface area (TPSA) is 82.2 Å². The average Bonchev–Trinajstić information content (AvgIpc) is 3.38. The summed E-state index contributed by atoms with van der Waals surface area (Å²) < 4.78 is 15.1. The summed E-state index contributed by atoms with van der Waals surface area (Å²) in [6.07, 6.45) is 7.60. The fraction of sp³-hybridized carbons (Fsp3) is 0.348. The lowest BCUT2D eigenvalue weighted by molar-refractivity contribution is 0.0846. The second-order valence-corrected chi connectivity index (χ2v) is 8.09. The van der Waals surface area contributed by atoms with Gasteiger partial charge in [-0.3, -0.25) is 4.79 Å². The summed E-state index contributed by atoms with van der Waals surface area (Å²) in [5.41, 5.74) is 3.62. The second-order valence-electron chi connectivity index (χ2n) is 8.09. The van der Waals surface area contributed by atoms with Gasteiger partial charge in [0.15, 0.2) is 5.69 Å². The maximum absolute atomic E-state index is 12.9. The Bertz CT molecular complexity index is 1200. The summed E-state index contributed by atoms with van der Waals surface area (Å²) in [5, 5.41) is 7.33. The van der Waals surface area contributed by atoms with Crippen molar-refractivity contribution in [1.82, 2.24) is 19.0 Å². The van der Waals surface area contributed by atoms with E-state index in [9.17, 15) is 4.79 Å². The number of hydrogen-bond acceptors (Lipinski definition) is 5. The third kappa shape index (κ3) is 3.98. The molecule has 4 aromatic heterocycles. The van der Waals surface area contributed by atoms with E-state index in [0.717, 1.165) is 42.9 Å². The van der Waals surface area contributed by atoms with E-state index >= 15 is 0 Å². The van der Waals surface area contributed by atoms with Crippen molar-refractivity contribution in [2.45, 2.75) is 38.7 Å². The van der Waals surface area contributed by atoms with Crippen LogP contribution in [0.5, 0.6) is 5.75 Å². The monoisotopic (exact) mass is 419 g/mol. The van der Waals surface area contributed by atoms with Crippen molar-refractivity contribution in [3.8, 4) is 5.75 Å². The number of ether oxygens (including phenoxy) is 2. The van der Waals surface area contributed by atoms with Crippen LogP contribution in [-0.4, -0.2) is 44.2 Å². The molecule has 8 nitrogen and oxygen atoms in total. The van der Waals surface area contributed by atoms with Crippen molar-refractivity contribution in [2.24, 2.45) is 0 Å². The minimum Gasteiger partial charge on any atom is -0.489 e. The van der Waals surface area contributed by atoms with Crippen molar-refractivity contribution in [3.63, 3.8) is 0 Å². The van der Waals surface area contributed by atoms with Gasteiger partial charge in [-0.05, 0) is 44.9 Å². The first-order valence-corrected chi connectivity index (χ1v) is 10.6. The number of carbonyl (C=O) groups excluding carboxylic acids is 1. The number of aromatic nitrogens is 4. The second kappa shape index (κ2) is 8.03. The molecule has 0 atom stereocenters. The van der Waals surface area contributed by atoms with Gasteiger partial charge in [0.1, 0.15) is 17.1 Å². The molecule has 5 heterocycles. The van der Waals surface area contributed by atoms with E-state index < -0.39 is 0 Å². The van der Waals surface area contributed by atoms with Crippen molar-refractivity contribution in [2.75, 3.05) is 18.5 Å². The van der Waals surface area contributed by atoms with E-state index in [1.807, 2.05) is 61.1 Å². The van der Waals surface area contributed by atoms with Crippen LogP contribution in [0, 0.1) is 0 Å². The first-order chi connectivity index (χ1) is 15.1. The SMILES string of the molecule is CC(C)Oc1cc2nc(C3CCOCC3)cn2cc1NC(=O)c1cc2ccccn2n1. The third-order valence-electron chi connectivity index (χ3n) is 5.43. The Hall–Kier alpha value is -3.39. The Morgan fingerprint density at radius 2 is 2.06 bits per heavy atom. The van der Waals surface area contributed by atoms with E-state index in [1.165, 1.54) is 0 Å². The number of anilines is 1. The molecule has 0 saturated carbocycles. The van der Waals surface area contributed by atoms with Gasteiger partial charge in [0, 0.05) is 43.8 Å². The molecule has 0 bridgehead atoms. The van der Waals surface area contributed by atoms with Crippen LogP contribution in [0.4, 0.5) is 5.69 Å². The zero-order valence-corrected chi connectivity index (χ0v) is 17.6. The maximum atomic E-state index is 12.9. The van der Waals surface area contributed by atoms with E-state index in [0.29, 0.717) is 23.0 Å². The molecule has 1 saturated heterocycles. The van der Waals surface area contributed by atoms with Crippen molar-refractivity contribution < 1.29 is 14.3 Å². The van der Waals surface area contributed by atoms with Crippen molar-refractivity contribution in [1.29, 1.82) is 0 Å². The number of imidazole rings is 1. The minimum atomic E-state index is -0.290. The zero-order chi connectivity index (χ0) is 21.4. The molecule has 0 aliphatic carbocycles. The molecule has 0 unspecified atom stereocenters. The standard InChI is InChI=1S/C23H25N5O3/c1-15(2)31-21-12-22-24-19(16-6-9-30-10-7-16)13-27(22)14-20(21)25-23(29)18-11-17-5-3-4-8-28(17)26-18/h3-5,8,11-16H,6-7,9-10H2,1-2H3,(H,25,29). The van der Waals surface area contributed by atoms with Crippen LogP contribution in [0.3, 0.4) is 0 Å². The van der Waals surface area contributed by atoms with Gasteiger partial charge in [-0.2, -0.15) is 5.10 Å². The number of rotatable bonds is 5. The molecule has 1 N–H and O–H groups in total. The highest BCUT2D eigenvalue weighted by atomic mass is 16.5.